The van der Waals surface area contributed by atoms with Gasteiger partial charge in [0.2, 0.25) is 0 Å². The van der Waals surface area contributed by atoms with E-state index in [4.69, 9.17) is 0 Å². The Hall–Kier alpha value is -0.930. The van der Waals surface area contributed by atoms with E-state index in [1.165, 1.54) is 6.07 Å². The molecule has 0 radical (unpaired) electrons. The summed E-state index contributed by atoms with van der Waals surface area (Å²) >= 11 is 0. The van der Waals surface area contributed by atoms with E-state index >= 15 is 0 Å². The number of benzene rings is 1. The Morgan fingerprint density at radius 2 is 2.13 bits per heavy atom. The summed E-state index contributed by atoms with van der Waals surface area (Å²) in [5, 5.41) is 3.28. The summed E-state index contributed by atoms with van der Waals surface area (Å²) in [6, 6.07) is 7.05. The fourth-order valence-corrected chi connectivity index (χ4v) is 2.41. The number of hydrogen-bond acceptors (Lipinski definition) is 2. The minimum atomic E-state index is -0.208. The normalized spacial score (nSPS) is 27.1. The molecule has 1 aliphatic rings. The largest absolute Gasteiger partial charge is 0.309 e. The van der Waals surface area contributed by atoms with Crippen LogP contribution >= 0.6 is 0 Å². The number of nitrogens with zero attached hydrogens (tertiary/aromatic N) is 1. The third-order valence-electron chi connectivity index (χ3n) is 3.33. The van der Waals surface area contributed by atoms with Crippen molar-refractivity contribution >= 4 is 0 Å². The van der Waals surface area contributed by atoms with Gasteiger partial charge in [-0.1, -0.05) is 18.2 Å². The molecule has 0 aliphatic carbocycles. The van der Waals surface area contributed by atoms with Gasteiger partial charge in [0, 0.05) is 18.7 Å². The molecule has 0 bridgehead atoms. The van der Waals surface area contributed by atoms with Crippen LogP contribution in [0, 0.1) is 5.82 Å². The van der Waals surface area contributed by atoms with Gasteiger partial charge in [0.25, 0.3) is 0 Å². The van der Waals surface area contributed by atoms with E-state index in [9.17, 15) is 4.39 Å². The molecule has 2 nitrogen and oxygen atoms in total. The SMILES string of the molecule is CNC1(c2ccccc2F)CCN(C)C1. The molecule has 0 saturated carbocycles. The molecule has 82 valence electrons. The van der Waals surface area contributed by atoms with Crippen LogP contribution in [-0.4, -0.2) is 32.1 Å². The molecule has 1 unspecified atom stereocenters. The average Bonchev–Trinajstić information content (AvgIpc) is 2.62. The number of hydrogen-bond donors (Lipinski definition) is 1. The number of likely N-dealkylation sites (N-methyl/N-ethyl adjacent to an activating group) is 2. The van der Waals surface area contributed by atoms with Crippen LogP contribution in [0.5, 0.6) is 0 Å². The lowest BCUT2D eigenvalue weighted by Gasteiger charge is -2.29. The first-order chi connectivity index (χ1) is 7.18. The quantitative estimate of drug-likeness (QED) is 0.793. The molecule has 1 aliphatic heterocycles. The summed E-state index contributed by atoms with van der Waals surface area (Å²) in [4.78, 5) is 2.23. The van der Waals surface area contributed by atoms with Crippen LogP contribution < -0.4 is 5.32 Å². The van der Waals surface area contributed by atoms with Crippen LogP contribution in [0.1, 0.15) is 12.0 Å². The minimum absolute atomic E-state index is 0.109. The zero-order valence-electron chi connectivity index (χ0n) is 9.26. The topological polar surface area (TPSA) is 15.3 Å². The summed E-state index contributed by atoms with van der Waals surface area (Å²) in [5.74, 6) is -0.109. The summed E-state index contributed by atoms with van der Waals surface area (Å²) < 4.78 is 13.7. The van der Waals surface area contributed by atoms with Gasteiger partial charge >= 0.3 is 0 Å². The molecule has 1 N–H and O–H groups in total. The summed E-state index contributed by atoms with van der Waals surface area (Å²) in [7, 11) is 3.98. The second kappa shape index (κ2) is 3.91. The highest BCUT2D eigenvalue weighted by molar-refractivity contribution is 5.28. The molecule has 1 heterocycles. The van der Waals surface area contributed by atoms with Gasteiger partial charge in [0.1, 0.15) is 5.82 Å². The molecule has 2 rings (SSSR count). The van der Waals surface area contributed by atoms with E-state index in [2.05, 4.69) is 17.3 Å². The molecule has 1 atom stereocenters. The van der Waals surface area contributed by atoms with Crippen LogP contribution in [0.15, 0.2) is 24.3 Å². The van der Waals surface area contributed by atoms with E-state index < -0.39 is 0 Å². The Kier molecular flexibility index (Phi) is 2.76. The fraction of sp³-hybridized carbons (Fsp3) is 0.500. The molecule has 1 saturated heterocycles. The van der Waals surface area contributed by atoms with Crippen molar-refractivity contribution in [3.05, 3.63) is 35.6 Å². The van der Waals surface area contributed by atoms with E-state index in [1.807, 2.05) is 19.2 Å². The molecular formula is C12H17FN2. The Morgan fingerprint density at radius 1 is 1.40 bits per heavy atom. The lowest BCUT2D eigenvalue weighted by Crippen LogP contribution is -2.42. The van der Waals surface area contributed by atoms with E-state index in [-0.39, 0.29) is 11.4 Å². The van der Waals surface area contributed by atoms with Crippen LogP contribution in [0.4, 0.5) is 4.39 Å². The van der Waals surface area contributed by atoms with Crippen molar-refractivity contribution in [3.63, 3.8) is 0 Å². The standard InChI is InChI=1S/C12H17FN2/c1-14-12(7-8-15(2)9-12)10-5-3-4-6-11(10)13/h3-6,14H,7-9H2,1-2H3. The molecule has 3 heteroatoms. The number of halogens is 1. The molecule has 0 spiro atoms. The molecule has 0 aromatic heterocycles. The van der Waals surface area contributed by atoms with Gasteiger partial charge in [0.15, 0.2) is 0 Å². The highest BCUT2D eigenvalue weighted by atomic mass is 19.1. The van der Waals surface area contributed by atoms with Crippen LogP contribution in [0.2, 0.25) is 0 Å². The zero-order chi connectivity index (χ0) is 10.9. The van der Waals surface area contributed by atoms with E-state index in [0.29, 0.717) is 0 Å². The first-order valence-electron chi connectivity index (χ1n) is 5.30. The molecular weight excluding hydrogens is 191 g/mol. The fourth-order valence-electron chi connectivity index (χ4n) is 2.41. The zero-order valence-corrected chi connectivity index (χ0v) is 9.26. The average molecular weight is 208 g/mol. The molecule has 1 fully saturated rings. The van der Waals surface area contributed by atoms with Gasteiger partial charge in [-0.15, -0.1) is 0 Å². The van der Waals surface area contributed by atoms with Crippen molar-refractivity contribution in [1.82, 2.24) is 10.2 Å². The summed E-state index contributed by atoms with van der Waals surface area (Å²) in [6.07, 6.45) is 0.959. The van der Waals surface area contributed by atoms with Crippen LogP contribution in [0.3, 0.4) is 0 Å². The van der Waals surface area contributed by atoms with E-state index in [0.717, 1.165) is 25.1 Å². The van der Waals surface area contributed by atoms with Crippen molar-refractivity contribution in [2.24, 2.45) is 0 Å². The second-order valence-corrected chi connectivity index (χ2v) is 4.30. The van der Waals surface area contributed by atoms with Crippen LogP contribution in [-0.2, 0) is 5.54 Å². The highest BCUT2D eigenvalue weighted by Gasteiger charge is 2.38. The van der Waals surface area contributed by atoms with Gasteiger partial charge in [0.05, 0.1) is 5.54 Å². The van der Waals surface area contributed by atoms with Crippen molar-refractivity contribution in [2.75, 3.05) is 27.2 Å². The third kappa shape index (κ3) is 1.77. The smallest absolute Gasteiger partial charge is 0.128 e. The van der Waals surface area contributed by atoms with Crippen molar-refractivity contribution in [1.29, 1.82) is 0 Å². The van der Waals surface area contributed by atoms with Crippen molar-refractivity contribution in [2.45, 2.75) is 12.0 Å². The molecule has 1 aromatic carbocycles. The number of likely N-dealkylation sites (tertiary alicyclic amines) is 1. The van der Waals surface area contributed by atoms with Crippen molar-refractivity contribution < 1.29 is 4.39 Å². The van der Waals surface area contributed by atoms with Gasteiger partial charge < -0.3 is 10.2 Å². The predicted molar refractivity (Wildman–Crippen MR) is 59.3 cm³/mol. The first-order valence-corrected chi connectivity index (χ1v) is 5.30. The lowest BCUT2D eigenvalue weighted by molar-refractivity contribution is 0.325. The van der Waals surface area contributed by atoms with Crippen molar-refractivity contribution in [3.8, 4) is 0 Å². The maximum Gasteiger partial charge on any atom is 0.128 e. The van der Waals surface area contributed by atoms with Gasteiger partial charge in [-0.05, 0) is 26.6 Å². The molecule has 15 heavy (non-hydrogen) atoms. The van der Waals surface area contributed by atoms with Gasteiger partial charge in [-0.3, -0.25) is 0 Å². The Bertz CT molecular complexity index is 353. The second-order valence-electron chi connectivity index (χ2n) is 4.30. The van der Waals surface area contributed by atoms with Crippen LogP contribution in [0.25, 0.3) is 0 Å². The Balaban J connectivity index is 2.39. The van der Waals surface area contributed by atoms with E-state index in [1.54, 1.807) is 6.07 Å². The maximum absolute atomic E-state index is 13.7. The monoisotopic (exact) mass is 208 g/mol. The predicted octanol–water partition coefficient (Wildman–Crippen LogP) is 1.58. The number of rotatable bonds is 2. The minimum Gasteiger partial charge on any atom is -0.309 e. The first kappa shape index (κ1) is 10.6. The third-order valence-corrected chi connectivity index (χ3v) is 3.33. The highest BCUT2D eigenvalue weighted by Crippen LogP contribution is 2.32. The summed E-state index contributed by atoms with van der Waals surface area (Å²) in [6.45, 7) is 1.87. The Morgan fingerprint density at radius 3 is 2.67 bits per heavy atom. The maximum atomic E-state index is 13.7. The van der Waals surface area contributed by atoms with Gasteiger partial charge in [-0.2, -0.15) is 0 Å². The molecule has 0 amide bonds. The summed E-state index contributed by atoms with van der Waals surface area (Å²) in [5.41, 5.74) is 0.581. The molecule has 1 aromatic rings. The Labute approximate surface area is 90.1 Å². The number of nitrogens with one attached hydrogen (secondary N) is 1. The lowest BCUT2D eigenvalue weighted by atomic mass is 9.89. The van der Waals surface area contributed by atoms with Gasteiger partial charge in [-0.25, -0.2) is 4.39 Å².